The number of aromatic nitrogens is 1. The molecular weight excluding hydrogens is 258 g/mol. The van der Waals surface area contributed by atoms with E-state index in [1.165, 1.54) is 6.20 Å². The lowest BCUT2D eigenvalue weighted by molar-refractivity contribution is 0.0697. The lowest BCUT2D eigenvalue weighted by Crippen LogP contribution is -2.43. The molecule has 0 saturated heterocycles. The van der Waals surface area contributed by atoms with Gasteiger partial charge in [-0.15, -0.1) is 0 Å². The van der Waals surface area contributed by atoms with Gasteiger partial charge in [0.15, 0.2) is 0 Å². The standard InChI is InChI=1S/C10H17N3O4S/c1-6-8(9(14)15)7(5-11-6)12-18(16,17)13-10(2,3)4/h5,11-13H,1-4H3,(H,14,15). The van der Waals surface area contributed by atoms with Crippen molar-refractivity contribution in [1.82, 2.24) is 9.71 Å². The molecule has 18 heavy (non-hydrogen) atoms. The van der Waals surface area contributed by atoms with E-state index in [1.54, 1.807) is 27.7 Å². The number of aryl methyl sites for hydroxylation is 1. The minimum Gasteiger partial charge on any atom is -0.478 e. The van der Waals surface area contributed by atoms with Crippen molar-refractivity contribution in [3.8, 4) is 0 Å². The van der Waals surface area contributed by atoms with Crippen molar-refractivity contribution in [2.45, 2.75) is 33.2 Å². The Bertz CT molecular complexity index is 554. The monoisotopic (exact) mass is 275 g/mol. The Labute approximate surface area is 106 Å². The summed E-state index contributed by atoms with van der Waals surface area (Å²) < 4.78 is 28.1. The molecular formula is C10H17N3O4S. The zero-order chi connectivity index (χ0) is 14.1. The third kappa shape index (κ3) is 3.74. The van der Waals surface area contributed by atoms with Crippen LogP contribution in [-0.4, -0.2) is 30.0 Å². The Morgan fingerprint density at radius 2 is 1.94 bits per heavy atom. The van der Waals surface area contributed by atoms with Gasteiger partial charge in [0.1, 0.15) is 5.56 Å². The number of hydrogen-bond acceptors (Lipinski definition) is 3. The molecule has 0 aliphatic carbocycles. The van der Waals surface area contributed by atoms with E-state index in [0.717, 1.165) is 0 Å². The first kappa shape index (κ1) is 14.5. The number of hydrogen-bond donors (Lipinski definition) is 4. The van der Waals surface area contributed by atoms with Crippen LogP contribution in [0.3, 0.4) is 0 Å². The van der Waals surface area contributed by atoms with Crippen LogP contribution in [0.1, 0.15) is 36.8 Å². The number of anilines is 1. The predicted molar refractivity (Wildman–Crippen MR) is 67.9 cm³/mol. The Morgan fingerprint density at radius 1 is 1.39 bits per heavy atom. The summed E-state index contributed by atoms with van der Waals surface area (Å²) in [5, 5.41) is 8.99. The number of aromatic amines is 1. The van der Waals surface area contributed by atoms with Gasteiger partial charge in [-0.1, -0.05) is 0 Å². The molecule has 1 rings (SSSR count). The van der Waals surface area contributed by atoms with Gasteiger partial charge >= 0.3 is 5.97 Å². The van der Waals surface area contributed by atoms with Gasteiger partial charge in [-0.2, -0.15) is 13.1 Å². The number of rotatable bonds is 4. The second-order valence-electron chi connectivity index (χ2n) is 4.97. The molecule has 0 bridgehead atoms. The van der Waals surface area contributed by atoms with Gasteiger partial charge < -0.3 is 10.1 Å². The van der Waals surface area contributed by atoms with Gasteiger partial charge in [0, 0.05) is 17.4 Å². The summed E-state index contributed by atoms with van der Waals surface area (Å²) in [7, 11) is -3.82. The molecule has 0 fully saturated rings. The first-order chi connectivity index (χ1) is 8.02. The maximum Gasteiger partial charge on any atom is 0.339 e. The second-order valence-corrected chi connectivity index (χ2v) is 6.38. The highest BCUT2D eigenvalue weighted by molar-refractivity contribution is 7.90. The number of carboxylic acids is 1. The second kappa shape index (κ2) is 4.62. The average molecular weight is 275 g/mol. The maximum absolute atomic E-state index is 11.8. The van der Waals surface area contributed by atoms with E-state index in [0.29, 0.717) is 5.69 Å². The molecule has 1 aromatic rings. The third-order valence-corrected chi connectivity index (χ3v) is 3.35. The summed E-state index contributed by atoms with van der Waals surface area (Å²) >= 11 is 0. The van der Waals surface area contributed by atoms with Crippen LogP contribution in [0.25, 0.3) is 0 Å². The highest BCUT2D eigenvalue weighted by Crippen LogP contribution is 2.20. The molecule has 0 aromatic carbocycles. The molecule has 8 heteroatoms. The maximum atomic E-state index is 11.8. The predicted octanol–water partition coefficient (Wildman–Crippen LogP) is 1.07. The van der Waals surface area contributed by atoms with E-state index in [2.05, 4.69) is 14.4 Å². The van der Waals surface area contributed by atoms with Crippen molar-refractivity contribution >= 4 is 21.9 Å². The number of aromatic carboxylic acids is 1. The van der Waals surface area contributed by atoms with Crippen molar-refractivity contribution in [2.75, 3.05) is 4.72 Å². The quantitative estimate of drug-likeness (QED) is 0.658. The molecule has 7 nitrogen and oxygen atoms in total. The van der Waals surface area contributed by atoms with Crippen molar-refractivity contribution < 1.29 is 18.3 Å². The summed E-state index contributed by atoms with van der Waals surface area (Å²) in [4.78, 5) is 13.7. The molecule has 102 valence electrons. The molecule has 0 amide bonds. The van der Waals surface area contributed by atoms with E-state index < -0.39 is 21.7 Å². The lowest BCUT2D eigenvalue weighted by Gasteiger charge is -2.20. The summed E-state index contributed by atoms with van der Waals surface area (Å²) in [5.74, 6) is -1.19. The van der Waals surface area contributed by atoms with Gasteiger partial charge in [-0.3, -0.25) is 4.72 Å². The topological polar surface area (TPSA) is 111 Å². The summed E-state index contributed by atoms with van der Waals surface area (Å²) in [6, 6.07) is 0. The molecule has 0 aliphatic heterocycles. The van der Waals surface area contributed by atoms with Gasteiger partial charge in [0.25, 0.3) is 10.2 Å². The molecule has 0 atom stereocenters. The average Bonchev–Trinajstić information content (AvgIpc) is 2.40. The van der Waals surface area contributed by atoms with E-state index in [-0.39, 0.29) is 11.3 Å². The zero-order valence-corrected chi connectivity index (χ0v) is 11.5. The molecule has 1 heterocycles. The molecule has 1 aromatic heterocycles. The fraction of sp³-hybridized carbons (Fsp3) is 0.500. The molecule has 0 spiro atoms. The number of carbonyl (C=O) groups is 1. The van der Waals surface area contributed by atoms with Crippen LogP contribution in [-0.2, 0) is 10.2 Å². The molecule has 0 unspecified atom stereocenters. The fourth-order valence-electron chi connectivity index (χ4n) is 1.46. The molecule has 0 aliphatic rings. The summed E-state index contributed by atoms with van der Waals surface area (Å²) in [6.07, 6.45) is 1.31. The minimum absolute atomic E-state index is 0.0109. The van der Waals surface area contributed by atoms with Gasteiger partial charge in [0.2, 0.25) is 0 Å². The number of carboxylic acid groups (broad SMARTS) is 1. The molecule has 4 N–H and O–H groups in total. The first-order valence-corrected chi connectivity index (χ1v) is 6.73. The van der Waals surface area contributed by atoms with Crippen molar-refractivity contribution in [2.24, 2.45) is 0 Å². The Balaban J connectivity index is 3.02. The van der Waals surface area contributed by atoms with Gasteiger partial charge in [0.05, 0.1) is 5.69 Å². The fourth-order valence-corrected chi connectivity index (χ4v) is 2.76. The zero-order valence-electron chi connectivity index (χ0n) is 10.7. The number of nitrogens with one attached hydrogen (secondary N) is 3. The highest BCUT2D eigenvalue weighted by atomic mass is 32.2. The highest BCUT2D eigenvalue weighted by Gasteiger charge is 2.23. The van der Waals surface area contributed by atoms with Crippen LogP contribution >= 0.6 is 0 Å². The smallest absolute Gasteiger partial charge is 0.339 e. The van der Waals surface area contributed by atoms with E-state index >= 15 is 0 Å². The Hall–Kier alpha value is -1.54. The van der Waals surface area contributed by atoms with E-state index in [1.807, 2.05) is 0 Å². The normalized spacial score (nSPS) is 12.4. The Kier molecular flexibility index (Phi) is 3.72. The van der Waals surface area contributed by atoms with Crippen LogP contribution in [0.2, 0.25) is 0 Å². The number of H-pyrrole nitrogens is 1. The van der Waals surface area contributed by atoms with Crippen molar-refractivity contribution in [3.63, 3.8) is 0 Å². The molecule has 0 saturated carbocycles. The van der Waals surface area contributed by atoms with Gasteiger partial charge in [-0.05, 0) is 27.7 Å². The molecule has 0 radical (unpaired) electrons. The van der Waals surface area contributed by atoms with Gasteiger partial charge in [-0.25, -0.2) is 4.79 Å². The van der Waals surface area contributed by atoms with Crippen LogP contribution in [0, 0.1) is 6.92 Å². The van der Waals surface area contributed by atoms with Crippen molar-refractivity contribution in [1.29, 1.82) is 0 Å². The largest absolute Gasteiger partial charge is 0.478 e. The van der Waals surface area contributed by atoms with Crippen LogP contribution in [0.5, 0.6) is 0 Å². The summed E-state index contributed by atoms with van der Waals surface area (Å²) in [5.41, 5.74) is -0.345. The van der Waals surface area contributed by atoms with Crippen LogP contribution in [0.15, 0.2) is 6.20 Å². The van der Waals surface area contributed by atoms with E-state index in [4.69, 9.17) is 5.11 Å². The van der Waals surface area contributed by atoms with Crippen molar-refractivity contribution in [3.05, 3.63) is 17.5 Å². The summed E-state index contributed by atoms with van der Waals surface area (Å²) in [6.45, 7) is 6.62. The minimum atomic E-state index is -3.82. The lowest BCUT2D eigenvalue weighted by atomic mass is 10.1. The van der Waals surface area contributed by atoms with E-state index in [9.17, 15) is 13.2 Å². The third-order valence-electron chi connectivity index (χ3n) is 1.98. The van der Waals surface area contributed by atoms with Crippen LogP contribution < -0.4 is 9.44 Å². The van der Waals surface area contributed by atoms with Crippen LogP contribution in [0.4, 0.5) is 5.69 Å². The SMILES string of the molecule is Cc1[nH]cc(NS(=O)(=O)NC(C)(C)C)c1C(=O)O. The first-order valence-electron chi connectivity index (χ1n) is 5.25. The Morgan fingerprint density at radius 3 is 2.39 bits per heavy atom.